The smallest absolute Gasteiger partial charge is 0.331 e. The molecular formula is C22H40O3. The van der Waals surface area contributed by atoms with Crippen molar-refractivity contribution in [3.8, 4) is 0 Å². The lowest BCUT2D eigenvalue weighted by molar-refractivity contribution is -0.132. The molecule has 0 aliphatic carbocycles. The first kappa shape index (κ1) is 23.9. The van der Waals surface area contributed by atoms with Crippen LogP contribution >= 0.6 is 0 Å². The molecule has 0 radical (unpaired) electrons. The van der Waals surface area contributed by atoms with Gasteiger partial charge in [-0.2, -0.15) is 0 Å². The van der Waals surface area contributed by atoms with Crippen LogP contribution in [0.4, 0.5) is 0 Å². The molecule has 0 aromatic carbocycles. The molecule has 0 aromatic rings. The lowest BCUT2D eigenvalue weighted by Gasteiger charge is -2.03. The number of rotatable bonds is 18. The maximum atomic E-state index is 11.6. The molecule has 25 heavy (non-hydrogen) atoms. The SMILES string of the molecule is CCCCCCCCCCCCCCCCCC(=O)C=C(C)C(=O)O. The molecule has 0 aliphatic rings. The average molecular weight is 353 g/mol. The number of hydrogen-bond donors (Lipinski definition) is 1. The van der Waals surface area contributed by atoms with Gasteiger partial charge in [-0.1, -0.05) is 96.8 Å². The number of carbonyl (C=O) groups excluding carboxylic acids is 1. The second kappa shape index (κ2) is 17.7. The quantitative estimate of drug-likeness (QED) is 0.217. The summed E-state index contributed by atoms with van der Waals surface area (Å²) < 4.78 is 0. The van der Waals surface area contributed by atoms with E-state index in [0.717, 1.165) is 12.8 Å². The largest absolute Gasteiger partial charge is 0.478 e. The minimum absolute atomic E-state index is 0.0606. The van der Waals surface area contributed by atoms with Gasteiger partial charge in [-0.3, -0.25) is 4.79 Å². The molecule has 1 N–H and O–H groups in total. The molecule has 0 amide bonds. The van der Waals surface area contributed by atoms with Crippen LogP contribution in [0.15, 0.2) is 11.6 Å². The molecule has 0 aliphatic heterocycles. The number of aliphatic carboxylic acids is 1. The summed E-state index contributed by atoms with van der Waals surface area (Å²) in [5.74, 6) is -1.07. The average Bonchev–Trinajstić information content (AvgIpc) is 2.58. The first-order valence-electron chi connectivity index (χ1n) is 10.5. The lowest BCUT2D eigenvalue weighted by atomic mass is 10.0. The number of carbonyl (C=O) groups is 2. The normalized spacial score (nSPS) is 11.7. The Balaban J connectivity index is 3.25. The van der Waals surface area contributed by atoms with Gasteiger partial charge in [0.2, 0.25) is 0 Å². The van der Waals surface area contributed by atoms with Gasteiger partial charge in [0, 0.05) is 12.0 Å². The van der Waals surface area contributed by atoms with E-state index in [-0.39, 0.29) is 11.4 Å². The molecular weight excluding hydrogens is 312 g/mol. The number of allylic oxidation sites excluding steroid dienone is 1. The summed E-state index contributed by atoms with van der Waals surface area (Å²) in [4.78, 5) is 22.2. The summed E-state index contributed by atoms with van der Waals surface area (Å²) in [6.07, 6.45) is 21.3. The van der Waals surface area contributed by atoms with Crippen molar-refractivity contribution < 1.29 is 14.7 Å². The van der Waals surface area contributed by atoms with Crippen LogP contribution in [0, 0.1) is 0 Å². The van der Waals surface area contributed by atoms with E-state index in [4.69, 9.17) is 5.11 Å². The summed E-state index contributed by atoms with van der Waals surface area (Å²) in [6, 6.07) is 0. The molecule has 0 atom stereocenters. The van der Waals surface area contributed by atoms with E-state index in [9.17, 15) is 9.59 Å². The molecule has 3 heteroatoms. The topological polar surface area (TPSA) is 54.4 Å². The Morgan fingerprint density at radius 1 is 0.680 bits per heavy atom. The Labute approximate surface area is 155 Å². The monoisotopic (exact) mass is 352 g/mol. The third-order valence-corrected chi connectivity index (χ3v) is 4.74. The zero-order valence-corrected chi connectivity index (χ0v) is 16.7. The molecule has 0 fully saturated rings. The van der Waals surface area contributed by atoms with Crippen LogP contribution in [0.1, 0.15) is 117 Å². The molecule has 0 rings (SSSR count). The van der Waals surface area contributed by atoms with Crippen molar-refractivity contribution in [2.24, 2.45) is 0 Å². The zero-order valence-electron chi connectivity index (χ0n) is 16.7. The van der Waals surface area contributed by atoms with Crippen molar-refractivity contribution in [3.63, 3.8) is 0 Å². The van der Waals surface area contributed by atoms with Crippen molar-refractivity contribution in [2.75, 3.05) is 0 Å². The Hall–Kier alpha value is -1.12. The Kier molecular flexibility index (Phi) is 16.9. The van der Waals surface area contributed by atoms with Gasteiger partial charge in [0.1, 0.15) is 0 Å². The number of ketones is 1. The number of unbranched alkanes of at least 4 members (excludes halogenated alkanes) is 14. The van der Waals surface area contributed by atoms with Crippen molar-refractivity contribution in [1.82, 2.24) is 0 Å². The predicted molar refractivity (Wildman–Crippen MR) is 106 cm³/mol. The van der Waals surface area contributed by atoms with Crippen LogP contribution < -0.4 is 0 Å². The van der Waals surface area contributed by atoms with Crippen molar-refractivity contribution in [2.45, 2.75) is 117 Å². The van der Waals surface area contributed by atoms with Crippen molar-refractivity contribution >= 4 is 11.8 Å². The third kappa shape index (κ3) is 17.5. The zero-order chi connectivity index (χ0) is 18.8. The molecule has 0 saturated carbocycles. The molecule has 3 nitrogen and oxygen atoms in total. The molecule has 0 saturated heterocycles. The fraction of sp³-hybridized carbons (Fsp3) is 0.818. The van der Waals surface area contributed by atoms with Crippen LogP contribution in [-0.2, 0) is 9.59 Å². The summed E-state index contributed by atoms with van der Waals surface area (Å²) >= 11 is 0. The van der Waals surface area contributed by atoms with Gasteiger partial charge in [-0.15, -0.1) is 0 Å². The first-order chi connectivity index (χ1) is 12.1. The second-order valence-corrected chi connectivity index (χ2v) is 7.30. The number of hydrogen-bond acceptors (Lipinski definition) is 2. The molecule has 0 heterocycles. The van der Waals surface area contributed by atoms with E-state index in [2.05, 4.69) is 6.92 Å². The highest BCUT2D eigenvalue weighted by Gasteiger charge is 2.04. The fourth-order valence-corrected chi connectivity index (χ4v) is 3.05. The van der Waals surface area contributed by atoms with E-state index in [0.29, 0.717) is 6.42 Å². The molecule has 0 spiro atoms. The van der Waals surface area contributed by atoms with Crippen molar-refractivity contribution in [3.05, 3.63) is 11.6 Å². The highest BCUT2D eigenvalue weighted by atomic mass is 16.4. The third-order valence-electron chi connectivity index (χ3n) is 4.74. The van der Waals surface area contributed by atoms with Gasteiger partial charge in [0.05, 0.1) is 0 Å². The second-order valence-electron chi connectivity index (χ2n) is 7.30. The van der Waals surface area contributed by atoms with Gasteiger partial charge in [0.25, 0.3) is 0 Å². The van der Waals surface area contributed by atoms with Crippen molar-refractivity contribution in [1.29, 1.82) is 0 Å². The Morgan fingerprint density at radius 2 is 1.04 bits per heavy atom. The minimum atomic E-state index is -1.01. The molecule has 0 bridgehead atoms. The van der Waals surface area contributed by atoms with Crippen LogP contribution in [0.3, 0.4) is 0 Å². The fourth-order valence-electron chi connectivity index (χ4n) is 3.05. The van der Waals surface area contributed by atoms with Gasteiger partial charge in [-0.05, 0) is 19.4 Å². The summed E-state index contributed by atoms with van der Waals surface area (Å²) in [7, 11) is 0. The van der Waals surface area contributed by atoms with E-state index in [1.165, 1.54) is 96.5 Å². The van der Waals surface area contributed by atoms with Gasteiger partial charge < -0.3 is 5.11 Å². The first-order valence-corrected chi connectivity index (χ1v) is 10.5. The highest BCUT2D eigenvalue weighted by molar-refractivity contribution is 5.98. The van der Waals surface area contributed by atoms with Gasteiger partial charge in [-0.25, -0.2) is 4.79 Å². The lowest BCUT2D eigenvalue weighted by Crippen LogP contribution is -2.01. The van der Waals surface area contributed by atoms with Crippen LogP contribution in [0.2, 0.25) is 0 Å². The van der Waals surface area contributed by atoms with E-state index < -0.39 is 5.97 Å². The standard InChI is InChI=1S/C22H40O3/c1-3-4-5-6-7-8-9-10-11-12-13-14-15-16-17-18-21(23)19-20(2)22(24)25/h19H,3-18H2,1-2H3,(H,24,25). The maximum absolute atomic E-state index is 11.6. The minimum Gasteiger partial charge on any atom is -0.478 e. The van der Waals surface area contributed by atoms with E-state index in [1.54, 1.807) is 0 Å². The van der Waals surface area contributed by atoms with E-state index in [1.807, 2.05) is 0 Å². The summed E-state index contributed by atoms with van der Waals surface area (Å²) in [5, 5.41) is 8.71. The summed E-state index contributed by atoms with van der Waals surface area (Å²) in [6.45, 7) is 3.73. The van der Waals surface area contributed by atoms with Gasteiger partial charge in [0.15, 0.2) is 5.78 Å². The Bertz CT molecular complexity index is 371. The number of carboxylic acid groups (broad SMARTS) is 1. The summed E-state index contributed by atoms with van der Waals surface area (Å²) in [5.41, 5.74) is 0.131. The maximum Gasteiger partial charge on any atom is 0.331 e. The molecule has 146 valence electrons. The number of carboxylic acids is 1. The molecule has 0 unspecified atom stereocenters. The Morgan fingerprint density at radius 3 is 1.40 bits per heavy atom. The van der Waals surface area contributed by atoms with Crippen LogP contribution in [-0.4, -0.2) is 16.9 Å². The van der Waals surface area contributed by atoms with Crippen LogP contribution in [0.25, 0.3) is 0 Å². The highest BCUT2D eigenvalue weighted by Crippen LogP contribution is 2.13. The molecule has 0 aromatic heterocycles. The predicted octanol–water partition coefficient (Wildman–Crippen LogP) is 6.85. The van der Waals surface area contributed by atoms with E-state index >= 15 is 0 Å². The van der Waals surface area contributed by atoms with Crippen LogP contribution in [0.5, 0.6) is 0 Å². The van der Waals surface area contributed by atoms with Gasteiger partial charge >= 0.3 is 5.97 Å².